The minimum absolute atomic E-state index is 0.142. The Hall–Kier alpha value is -4.05. The average Bonchev–Trinajstić information content (AvgIpc) is 3.46. The molecule has 0 unspecified atom stereocenters. The highest BCUT2D eigenvalue weighted by atomic mass is 32.1. The van der Waals surface area contributed by atoms with Crippen molar-refractivity contribution in [2.75, 3.05) is 11.9 Å². The number of thiazole rings is 1. The van der Waals surface area contributed by atoms with Gasteiger partial charge in [0.2, 0.25) is 5.91 Å². The number of oxazole rings is 1. The van der Waals surface area contributed by atoms with Gasteiger partial charge in [-0.15, -0.1) is 11.3 Å². The second-order valence-corrected chi connectivity index (χ2v) is 8.08. The van der Waals surface area contributed by atoms with Crippen molar-refractivity contribution >= 4 is 45.3 Å². The van der Waals surface area contributed by atoms with Crippen LogP contribution in [0.15, 0.2) is 57.1 Å². The molecular weight excluding hydrogens is 432 g/mol. The van der Waals surface area contributed by atoms with Crippen molar-refractivity contribution in [3.05, 3.63) is 69.5 Å². The summed E-state index contributed by atoms with van der Waals surface area (Å²) in [6, 6.07) is 11.9. The summed E-state index contributed by atoms with van der Waals surface area (Å²) in [4.78, 5) is 56.5. The lowest BCUT2D eigenvalue weighted by molar-refractivity contribution is -0.116. The number of H-pyrrole nitrogens is 1. The minimum atomic E-state index is -0.524. The van der Waals surface area contributed by atoms with E-state index in [2.05, 4.69) is 15.3 Å². The highest BCUT2D eigenvalue weighted by molar-refractivity contribution is 7.14. The Bertz CT molecular complexity index is 1400. The first-order valence-electron chi connectivity index (χ1n) is 9.83. The number of imide groups is 1. The fourth-order valence-electron chi connectivity index (χ4n) is 3.59. The van der Waals surface area contributed by atoms with Crippen LogP contribution in [-0.2, 0) is 4.79 Å². The van der Waals surface area contributed by atoms with Gasteiger partial charge in [0.1, 0.15) is 0 Å². The van der Waals surface area contributed by atoms with Crippen LogP contribution in [0, 0.1) is 0 Å². The number of rotatable bonds is 6. The predicted molar refractivity (Wildman–Crippen MR) is 118 cm³/mol. The van der Waals surface area contributed by atoms with Crippen LogP contribution >= 0.6 is 11.3 Å². The Kier molecular flexibility index (Phi) is 4.91. The molecule has 0 atom stereocenters. The van der Waals surface area contributed by atoms with Gasteiger partial charge in [0.15, 0.2) is 10.7 Å². The van der Waals surface area contributed by atoms with Crippen LogP contribution < -0.4 is 11.1 Å². The van der Waals surface area contributed by atoms with Gasteiger partial charge in [-0.05, 0) is 30.7 Å². The Morgan fingerprint density at radius 3 is 2.59 bits per heavy atom. The van der Waals surface area contributed by atoms with E-state index in [0.717, 1.165) is 5.56 Å². The van der Waals surface area contributed by atoms with Gasteiger partial charge in [0.05, 0.1) is 22.3 Å². The summed E-state index contributed by atoms with van der Waals surface area (Å²) in [6.45, 7) is 0.171. The summed E-state index contributed by atoms with van der Waals surface area (Å²) in [7, 11) is 0. The molecule has 0 fully saturated rings. The predicted octanol–water partition coefficient (Wildman–Crippen LogP) is 3.26. The van der Waals surface area contributed by atoms with Crippen LogP contribution in [0.25, 0.3) is 22.4 Å². The van der Waals surface area contributed by atoms with E-state index in [0.29, 0.717) is 39.5 Å². The van der Waals surface area contributed by atoms with Gasteiger partial charge in [-0.2, -0.15) is 0 Å². The zero-order chi connectivity index (χ0) is 22.2. The Balaban J connectivity index is 1.17. The number of amides is 3. The number of hydrogen-bond donors (Lipinski definition) is 2. The van der Waals surface area contributed by atoms with E-state index in [1.165, 1.54) is 16.2 Å². The number of benzene rings is 2. The standard InChI is InChI=1S/C22H16N4O5S/c27-18(6-3-9-26-19(28)13-4-1-2-5-14(13)20(26)29)25-21-23-16(11-32-21)12-7-8-15-17(10-12)31-22(30)24-15/h1-2,4-5,7-8,10-11H,3,6,9H2,(H,24,30)(H,23,25,27). The Morgan fingerprint density at radius 2 is 1.84 bits per heavy atom. The van der Waals surface area contributed by atoms with Gasteiger partial charge in [0.25, 0.3) is 11.8 Å². The van der Waals surface area contributed by atoms with Crippen LogP contribution in [0.4, 0.5) is 5.13 Å². The lowest BCUT2D eigenvalue weighted by atomic mass is 10.1. The second kappa shape index (κ2) is 7.89. The number of fused-ring (bicyclic) bond motifs is 2. The molecule has 9 nitrogen and oxygen atoms in total. The Labute approximate surface area is 184 Å². The molecule has 2 aromatic heterocycles. The molecular formula is C22H16N4O5S. The van der Waals surface area contributed by atoms with E-state index in [9.17, 15) is 19.2 Å². The van der Waals surface area contributed by atoms with Gasteiger partial charge >= 0.3 is 5.76 Å². The fourth-order valence-corrected chi connectivity index (χ4v) is 4.33. The highest BCUT2D eigenvalue weighted by Crippen LogP contribution is 2.27. The van der Waals surface area contributed by atoms with E-state index in [-0.39, 0.29) is 30.7 Å². The molecule has 0 radical (unpaired) electrons. The fraction of sp³-hybridized carbons (Fsp3) is 0.136. The third-order valence-corrected chi connectivity index (χ3v) is 5.89. The number of aromatic amines is 1. The van der Waals surface area contributed by atoms with E-state index in [4.69, 9.17) is 4.42 Å². The molecule has 0 aliphatic carbocycles. The molecule has 0 saturated carbocycles. The first kappa shape index (κ1) is 19.9. The molecule has 1 aliphatic rings. The summed E-state index contributed by atoms with van der Waals surface area (Å²) in [5, 5.41) is 4.96. The molecule has 10 heteroatoms. The lowest BCUT2D eigenvalue weighted by Crippen LogP contribution is -2.31. The van der Waals surface area contributed by atoms with Gasteiger partial charge in [0, 0.05) is 23.9 Å². The molecule has 5 rings (SSSR count). The average molecular weight is 448 g/mol. The molecule has 1 aliphatic heterocycles. The molecule has 160 valence electrons. The molecule has 0 bridgehead atoms. The SMILES string of the molecule is O=C(CCCN1C(=O)c2ccccc2C1=O)Nc1nc(-c2ccc3[nH]c(=O)oc3c2)cs1. The van der Waals surface area contributed by atoms with Crippen molar-refractivity contribution in [2.45, 2.75) is 12.8 Å². The van der Waals surface area contributed by atoms with E-state index >= 15 is 0 Å². The van der Waals surface area contributed by atoms with E-state index < -0.39 is 5.76 Å². The zero-order valence-corrected chi connectivity index (χ0v) is 17.4. The molecule has 32 heavy (non-hydrogen) atoms. The zero-order valence-electron chi connectivity index (χ0n) is 16.6. The third kappa shape index (κ3) is 3.60. The number of aromatic nitrogens is 2. The molecule has 3 heterocycles. The van der Waals surface area contributed by atoms with Crippen LogP contribution in [0.2, 0.25) is 0 Å². The van der Waals surface area contributed by atoms with Crippen molar-refractivity contribution in [2.24, 2.45) is 0 Å². The smallest absolute Gasteiger partial charge is 0.408 e. The van der Waals surface area contributed by atoms with Crippen LogP contribution in [0.3, 0.4) is 0 Å². The molecule has 3 amide bonds. The number of hydrogen-bond acceptors (Lipinski definition) is 7. The largest absolute Gasteiger partial charge is 0.417 e. The first-order chi connectivity index (χ1) is 15.5. The number of carbonyl (C=O) groups is 3. The molecule has 4 aromatic rings. The monoisotopic (exact) mass is 448 g/mol. The normalized spacial score (nSPS) is 13.1. The van der Waals surface area contributed by atoms with Gasteiger partial charge in [-0.25, -0.2) is 9.78 Å². The van der Waals surface area contributed by atoms with Crippen molar-refractivity contribution < 1.29 is 18.8 Å². The third-order valence-electron chi connectivity index (χ3n) is 5.13. The van der Waals surface area contributed by atoms with Crippen LogP contribution in [0.5, 0.6) is 0 Å². The number of carbonyl (C=O) groups excluding carboxylic acids is 3. The second-order valence-electron chi connectivity index (χ2n) is 7.22. The maximum atomic E-state index is 12.4. The number of anilines is 1. The van der Waals surface area contributed by atoms with Crippen molar-refractivity contribution in [1.29, 1.82) is 0 Å². The van der Waals surface area contributed by atoms with E-state index in [1.54, 1.807) is 47.8 Å². The van der Waals surface area contributed by atoms with Crippen molar-refractivity contribution in [3.8, 4) is 11.3 Å². The summed E-state index contributed by atoms with van der Waals surface area (Å²) in [5.41, 5.74) is 3.22. The topological polar surface area (TPSA) is 125 Å². The molecule has 2 N–H and O–H groups in total. The highest BCUT2D eigenvalue weighted by Gasteiger charge is 2.34. The maximum absolute atomic E-state index is 12.4. The summed E-state index contributed by atoms with van der Waals surface area (Å²) in [6.07, 6.45) is 0.488. The van der Waals surface area contributed by atoms with Crippen molar-refractivity contribution in [3.63, 3.8) is 0 Å². The number of nitrogens with zero attached hydrogens (tertiary/aromatic N) is 2. The maximum Gasteiger partial charge on any atom is 0.417 e. The number of nitrogens with one attached hydrogen (secondary N) is 2. The Morgan fingerprint density at radius 1 is 1.09 bits per heavy atom. The summed E-state index contributed by atoms with van der Waals surface area (Å²) < 4.78 is 5.07. The van der Waals surface area contributed by atoms with Crippen molar-refractivity contribution in [1.82, 2.24) is 14.9 Å². The summed E-state index contributed by atoms with van der Waals surface area (Å²) in [5.74, 6) is -1.43. The summed E-state index contributed by atoms with van der Waals surface area (Å²) >= 11 is 1.27. The minimum Gasteiger partial charge on any atom is -0.408 e. The van der Waals surface area contributed by atoms with Gasteiger partial charge in [-0.3, -0.25) is 24.3 Å². The molecule has 0 saturated heterocycles. The molecule has 0 spiro atoms. The lowest BCUT2D eigenvalue weighted by Gasteiger charge is -2.13. The molecule has 2 aromatic carbocycles. The first-order valence-corrected chi connectivity index (χ1v) is 10.7. The quantitative estimate of drug-likeness (QED) is 0.436. The van der Waals surface area contributed by atoms with Gasteiger partial charge < -0.3 is 9.73 Å². The van der Waals surface area contributed by atoms with Crippen LogP contribution in [0.1, 0.15) is 33.6 Å². The van der Waals surface area contributed by atoms with E-state index in [1.807, 2.05) is 0 Å². The van der Waals surface area contributed by atoms with Crippen LogP contribution in [-0.4, -0.2) is 39.1 Å². The van der Waals surface area contributed by atoms with Gasteiger partial charge in [-0.1, -0.05) is 18.2 Å².